The second kappa shape index (κ2) is 17.4. The Kier molecular flexibility index (Phi) is 13.6. The maximum atomic E-state index is 12.6. The van der Waals surface area contributed by atoms with Gasteiger partial charge in [0, 0.05) is 24.5 Å². The Bertz CT molecular complexity index is 1410. The highest BCUT2D eigenvalue weighted by Crippen LogP contribution is 2.37. The Labute approximate surface area is 287 Å². The molecular weight excluding hydrogens is 677 g/mol. The van der Waals surface area contributed by atoms with Crippen molar-refractivity contribution in [3.63, 3.8) is 0 Å². The van der Waals surface area contributed by atoms with Crippen molar-refractivity contribution in [2.24, 2.45) is 0 Å². The monoisotopic (exact) mass is 709 g/mol. The number of halogens is 3. The Morgan fingerprint density at radius 1 is 0.848 bits per heavy atom. The zero-order valence-electron chi connectivity index (χ0n) is 25.1. The summed E-state index contributed by atoms with van der Waals surface area (Å²) in [4.78, 5) is 25.4. The van der Waals surface area contributed by atoms with Crippen LogP contribution in [0.5, 0.6) is 0 Å². The third-order valence-corrected chi connectivity index (χ3v) is 8.35. The number of esters is 2. The minimum absolute atomic E-state index is 0.109. The van der Waals surface area contributed by atoms with Crippen molar-refractivity contribution in [2.75, 3.05) is 12.4 Å². The Morgan fingerprint density at radius 3 is 2.04 bits per heavy atom. The molecule has 13 heteroatoms. The van der Waals surface area contributed by atoms with Gasteiger partial charge in [-0.05, 0) is 23.3 Å². The fraction of sp³-hybridized carbons (Fsp3) is 0.364. The van der Waals surface area contributed by atoms with Crippen LogP contribution in [0.15, 0.2) is 95.9 Å². The van der Waals surface area contributed by atoms with Crippen molar-refractivity contribution >= 4 is 64.4 Å². The first-order valence-electron chi connectivity index (χ1n) is 14.3. The van der Waals surface area contributed by atoms with E-state index in [1.54, 1.807) is 11.8 Å². The van der Waals surface area contributed by atoms with E-state index in [9.17, 15) is 9.59 Å². The number of ether oxygens (including phenoxy) is 6. The van der Waals surface area contributed by atoms with E-state index in [1.807, 2.05) is 91.0 Å². The molecular formula is C33H34Cl3NO8S. The van der Waals surface area contributed by atoms with Gasteiger partial charge in [-0.1, -0.05) is 114 Å². The lowest BCUT2D eigenvalue weighted by Crippen LogP contribution is -2.63. The predicted molar refractivity (Wildman–Crippen MR) is 176 cm³/mol. The lowest BCUT2D eigenvalue weighted by atomic mass is 9.97. The van der Waals surface area contributed by atoms with Gasteiger partial charge < -0.3 is 28.4 Å². The summed E-state index contributed by atoms with van der Waals surface area (Å²) in [6, 6.07) is 28.6. The van der Waals surface area contributed by atoms with E-state index in [-0.39, 0.29) is 13.2 Å². The number of carbonyl (C=O) groups is 2. The Morgan fingerprint density at radius 2 is 1.46 bits per heavy atom. The van der Waals surface area contributed by atoms with Crippen LogP contribution in [0.1, 0.15) is 31.1 Å². The lowest BCUT2D eigenvalue weighted by molar-refractivity contribution is -0.309. The minimum atomic E-state index is -2.24. The smallest absolute Gasteiger partial charge is 0.303 e. The van der Waals surface area contributed by atoms with Crippen molar-refractivity contribution in [3.8, 4) is 0 Å². The number of thioether (sulfide) groups is 1. The highest BCUT2D eigenvalue weighted by molar-refractivity contribution is 7.99. The van der Waals surface area contributed by atoms with Gasteiger partial charge in [0.05, 0.1) is 12.7 Å². The molecule has 1 aliphatic rings. The highest BCUT2D eigenvalue weighted by Gasteiger charge is 2.53. The molecule has 9 nitrogen and oxygen atoms in total. The quantitative estimate of drug-likeness (QED) is 0.0654. The van der Waals surface area contributed by atoms with Crippen molar-refractivity contribution in [1.82, 2.24) is 0 Å². The zero-order valence-corrected chi connectivity index (χ0v) is 28.1. The third kappa shape index (κ3) is 10.9. The van der Waals surface area contributed by atoms with E-state index in [0.717, 1.165) is 16.0 Å². The van der Waals surface area contributed by atoms with E-state index in [0.29, 0.717) is 5.75 Å². The van der Waals surface area contributed by atoms with Gasteiger partial charge >= 0.3 is 11.9 Å². The van der Waals surface area contributed by atoms with Gasteiger partial charge in [-0.15, -0.1) is 11.8 Å². The largest absolute Gasteiger partial charge is 0.463 e. The van der Waals surface area contributed by atoms with Gasteiger partial charge in [-0.3, -0.25) is 15.0 Å². The van der Waals surface area contributed by atoms with Crippen LogP contribution in [0.2, 0.25) is 0 Å². The molecule has 1 fully saturated rings. The van der Waals surface area contributed by atoms with E-state index in [1.165, 1.54) is 13.8 Å². The summed E-state index contributed by atoms with van der Waals surface area (Å²) in [5.74, 6) is -1.51. The molecule has 46 heavy (non-hydrogen) atoms. The van der Waals surface area contributed by atoms with Gasteiger partial charge in [-0.2, -0.15) is 0 Å². The summed E-state index contributed by atoms with van der Waals surface area (Å²) in [6.45, 7) is 2.32. The second-order valence-corrected chi connectivity index (χ2v) is 13.6. The zero-order chi connectivity index (χ0) is 33.1. The number of nitrogens with one attached hydrogen (secondary N) is 1. The number of rotatable bonds is 13. The average Bonchev–Trinajstić information content (AvgIpc) is 3.03. The summed E-state index contributed by atoms with van der Waals surface area (Å²) < 4.78 is 34.0. The molecule has 0 amide bonds. The van der Waals surface area contributed by atoms with Crippen molar-refractivity contribution < 1.29 is 38.0 Å². The van der Waals surface area contributed by atoms with E-state index >= 15 is 0 Å². The van der Waals surface area contributed by atoms with E-state index in [4.69, 9.17) is 68.6 Å². The fourth-order valence-corrected chi connectivity index (χ4v) is 5.79. The van der Waals surface area contributed by atoms with E-state index in [2.05, 4.69) is 0 Å². The SMILES string of the molecule is CC(=O)OC[C@H]1O[C@H](OC(=N)C(Cl)(Cl)Cl)[C@H](O[C@@H](CSc2ccccc2)c2ccccc2)[C@@H](OC(C)=O)[C@@H]1OCc1ccccc1. The summed E-state index contributed by atoms with van der Waals surface area (Å²) in [5, 5.41) is 8.31. The van der Waals surface area contributed by atoms with Crippen molar-refractivity contribution in [1.29, 1.82) is 5.41 Å². The molecule has 0 unspecified atom stereocenters. The topological polar surface area (TPSA) is 113 Å². The Hall–Kier alpha value is -2.83. The van der Waals surface area contributed by atoms with Crippen molar-refractivity contribution in [3.05, 3.63) is 102 Å². The highest BCUT2D eigenvalue weighted by atomic mass is 35.6. The molecule has 1 saturated heterocycles. The Balaban J connectivity index is 1.74. The van der Waals surface area contributed by atoms with Gasteiger partial charge in [0.2, 0.25) is 12.2 Å². The third-order valence-electron chi connectivity index (χ3n) is 6.76. The average molecular weight is 711 g/mol. The van der Waals surface area contributed by atoms with Crippen LogP contribution in [-0.4, -0.2) is 64.7 Å². The molecule has 1 aliphatic heterocycles. The first-order chi connectivity index (χ1) is 22.0. The molecule has 3 aromatic rings. The molecule has 1 heterocycles. The summed E-state index contributed by atoms with van der Waals surface area (Å²) in [6.07, 6.45) is -6.44. The van der Waals surface area contributed by atoms with Gasteiger partial charge in [0.15, 0.2) is 12.2 Å². The van der Waals surface area contributed by atoms with Gasteiger partial charge in [0.25, 0.3) is 3.79 Å². The first-order valence-corrected chi connectivity index (χ1v) is 16.5. The van der Waals surface area contributed by atoms with Gasteiger partial charge in [-0.25, -0.2) is 0 Å². The van der Waals surface area contributed by atoms with Crippen LogP contribution in [0.4, 0.5) is 0 Å². The molecule has 0 aliphatic carbocycles. The molecule has 0 saturated carbocycles. The first kappa shape index (κ1) is 36.0. The van der Waals surface area contributed by atoms with Crippen LogP contribution in [0, 0.1) is 5.41 Å². The predicted octanol–water partition coefficient (Wildman–Crippen LogP) is 7.07. The molecule has 246 valence electrons. The van der Waals surface area contributed by atoms with Crippen LogP contribution in [-0.2, 0) is 44.6 Å². The molecule has 1 N–H and O–H groups in total. The standard InChI is InChI=1S/C33H34Cl3NO8S/c1-21(38)40-19-26-28(41-18-23-12-6-3-7-13-23)29(42-22(2)39)30(31(44-26)45-32(37)33(34,35)36)43-27(24-14-8-4-9-15-24)20-46-25-16-10-5-11-17-25/h3-17,26-31,37H,18-20H2,1-2H3/t26-,27+,28-,29+,30-,31-/m1/s1. The molecule has 0 radical (unpaired) electrons. The summed E-state index contributed by atoms with van der Waals surface area (Å²) in [7, 11) is 0. The minimum Gasteiger partial charge on any atom is -0.463 e. The molecule has 0 aromatic heterocycles. The van der Waals surface area contributed by atoms with Crippen LogP contribution < -0.4 is 0 Å². The lowest BCUT2D eigenvalue weighted by Gasteiger charge is -2.46. The number of alkyl halides is 3. The summed E-state index contributed by atoms with van der Waals surface area (Å²) >= 11 is 19.5. The number of hydrogen-bond donors (Lipinski definition) is 1. The maximum Gasteiger partial charge on any atom is 0.303 e. The van der Waals surface area contributed by atoms with Crippen molar-refractivity contribution in [2.45, 2.75) is 66.0 Å². The summed E-state index contributed by atoms with van der Waals surface area (Å²) in [5.41, 5.74) is 1.66. The van der Waals surface area contributed by atoms with Crippen LogP contribution >= 0.6 is 46.6 Å². The van der Waals surface area contributed by atoms with Crippen LogP contribution in [0.25, 0.3) is 0 Å². The molecule has 4 rings (SSSR count). The molecule has 0 spiro atoms. The number of hydrogen-bond acceptors (Lipinski definition) is 10. The van der Waals surface area contributed by atoms with Crippen LogP contribution in [0.3, 0.4) is 0 Å². The second-order valence-electron chi connectivity index (χ2n) is 10.2. The normalized spacial score (nSPS) is 22.0. The number of carbonyl (C=O) groups excluding carboxylic acids is 2. The fourth-order valence-electron chi connectivity index (χ4n) is 4.69. The maximum absolute atomic E-state index is 12.6. The number of benzene rings is 3. The van der Waals surface area contributed by atoms with Gasteiger partial charge in [0.1, 0.15) is 18.8 Å². The molecule has 6 atom stereocenters. The molecule has 0 bridgehead atoms. The molecule has 3 aromatic carbocycles. The van der Waals surface area contributed by atoms with E-state index < -0.39 is 58.4 Å².